The van der Waals surface area contributed by atoms with E-state index in [-0.39, 0.29) is 28.5 Å². The quantitative estimate of drug-likeness (QED) is 0.273. The number of aryl methyl sites for hydroxylation is 1. The molecule has 37 heavy (non-hydrogen) atoms. The Morgan fingerprint density at radius 2 is 1.59 bits per heavy atom. The maximum Gasteiger partial charge on any atom is 0.300 e. The monoisotopic (exact) mass is 500 g/mol. The zero-order valence-corrected chi connectivity index (χ0v) is 21.1. The fourth-order valence-corrected chi connectivity index (χ4v) is 4.51. The van der Waals surface area contributed by atoms with Gasteiger partial charge in [-0.05, 0) is 47.9 Å². The Balaban J connectivity index is 1.98. The summed E-state index contributed by atoms with van der Waals surface area (Å²) in [5, 5.41) is 14.3. The number of ether oxygens (including phenoxy) is 2. The third kappa shape index (κ3) is 4.78. The van der Waals surface area contributed by atoms with E-state index in [2.05, 4.69) is 5.32 Å². The molecule has 190 valence electrons. The molecule has 4 rings (SSSR count). The van der Waals surface area contributed by atoms with Gasteiger partial charge in [-0.25, -0.2) is 0 Å². The van der Waals surface area contributed by atoms with Crippen LogP contribution >= 0.6 is 0 Å². The van der Waals surface area contributed by atoms with Gasteiger partial charge in [0.15, 0.2) is 0 Å². The molecule has 1 unspecified atom stereocenters. The van der Waals surface area contributed by atoms with Crippen molar-refractivity contribution >= 4 is 34.7 Å². The summed E-state index contributed by atoms with van der Waals surface area (Å²) in [6.45, 7) is 3.41. The number of ketones is 1. The number of anilines is 2. The summed E-state index contributed by atoms with van der Waals surface area (Å²) in [6, 6.07) is 18.2. The molecule has 1 heterocycles. The van der Waals surface area contributed by atoms with Crippen LogP contribution in [0.15, 0.2) is 72.3 Å². The number of rotatable bonds is 7. The highest BCUT2D eigenvalue weighted by molar-refractivity contribution is 6.51. The molecule has 2 amide bonds. The van der Waals surface area contributed by atoms with Crippen LogP contribution in [0.5, 0.6) is 11.5 Å². The number of nitrogens with zero attached hydrogens (tertiary/aromatic N) is 1. The van der Waals surface area contributed by atoms with Crippen LogP contribution in [-0.2, 0) is 20.8 Å². The van der Waals surface area contributed by atoms with Crippen LogP contribution in [0, 0.1) is 0 Å². The van der Waals surface area contributed by atoms with Crippen molar-refractivity contribution in [1.29, 1.82) is 0 Å². The summed E-state index contributed by atoms with van der Waals surface area (Å²) >= 11 is 0. The minimum absolute atomic E-state index is 0.0954. The normalized spacial score (nSPS) is 16.5. The SMILES string of the molecule is CCc1ccc(C2/C(=C(\O)c3c(OC)cccc3OC)C(=O)C(=O)N2c2cccc(NC(C)=O)c2)cc1. The van der Waals surface area contributed by atoms with Crippen LogP contribution in [0.2, 0.25) is 0 Å². The van der Waals surface area contributed by atoms with Gasteiger partial charge in [0.2, 0.25) is 5.91 Å². The van der Waals surface area contributed by atoms with Crippen LogP contribution in [0.1, 0.15) is 36.6 Å². The number of aliphatic hydroxyl groups excluding tert-OH is 1. The predicted octanol–water partition coefficient (Wildman–Crippen LogP) is 4.85. The number of hydrogen-bond donors (Lipinski definition) is 2. The van der Waals surface area contributed by atoms with Gasteiger partial charge in [-0.1, -0.05) is 43.3 Å². The Morgan fingerprint density at radius 3 is 2.16 bits per heavy atom. The number of amides is 2. The van der Waals surface area contributed by atoms with E-state index in [4.69, 9.17) is 9.47 Å². The van der Waals surface area contributed by atoms with Crippen molar-refractivity contribution in [3.05, 3.63) is 89.0 Å². The highest BCUT2D eigenvalue weighted by atomic mass is 16.5. The summed E-state index contributed by atoms with van der Waals surface area (Å²) < 4.78 is 10.9. The number of carbonyl (C=O) groups excluding carboxylic acids is 3. The summed E-state index contributed by atoms with van der Waals surface area (Å²) in [7, 11) is 2.89. The Labute approximate surface area is 215 Å². The van der Waals surface area contributed by atoms with Crippen molar-refractivity contribution in [2.45, 2.75) is 26.3 Å². The lowest BCUT2D eigenvalue weighted by atomic mass is 9.93. The first-order valence-corrected chi connectivity index (χ1v) is 11.8. The molecule has 1 aliphatic rings. The third-order valence-corrected chi connectivity index (χ3v) is 6.26. The van der Waals surface area contributed by atoms with Crippen molar-refractivity contribution in [3.8, 4) is 11.5 Å². The van der Waals surface area contributed by atoms with E-state index in [9.17, 15) is 19.5 Å². The zero-order valence-electron chi connectivity index (χ0n) is 21.1. The molecule has 0 saturated carbocycles. The number of benzene rings is 3. The maximum absolute atomic E-state index is 13.5. The molecule has 0 aliphatic carbocycles. The molecule has 3 aromatic rings. The largest absolute Gasteiger partial charge is 0.506 e. The second-order valence-corrected chi connectivity index (χ2v) is 8.53. The summed E-state index contributed by atoms with van der Waals surface area (Å²) in [4.78, 5) is 39.9. The minimum Gasteiger partial charge on any atom is -0.506 e. The van der Waals surface area contributed by atoms with E-state index >= 15 is 0 Å². The Morgan fingerprint density at radius 1 is 0.973 bits per heavy atom. The van der Waals surface area contributed by atoms with Gasteiger partial charge in [-0.3, -0.25) is 19.3 Å². The highest BCUT2D eigenvalue weighted by Crippen LogP contribution is 2.45. The Hall–Kier alpha value is -4.59. The van der Waals surface area contributed by atoms with E-state index in [0.717, 1.165) is 12.0 Å². The number of Topliss-reactive ketones (excluding diaryl/α,β-unsaturated/α-hetero) is 1. The molecule has 8 heteroatoms. The summed E-state index contributed by atoms with van der Waals surface area (Å²) in [5.41, 5.74) is 2.66. The second kappa shape index (κ2) is 10.6. The van der Waals surface area contributed by atoms with E-state index in [1.54, 1.807) is 42.5 Å². The van der Waals surface area contributed by atoms with Crippen LogP contribution in [0.25, 0.3) is 5.76 Å². The molecule has 2 N–H and O–H groups in total. The van der Waals surface area contributed by atoms with E-state index in [0.29, 0.717) is 16.9 Å². The number of methoxy groups -OCH3 is 2. The van der Waals surface area contributed by atoms with Crippen molar-refractivity contribution in [1.82, 2.24) is 0 Å². The van der Waals surface area contributed by atoms with Gasteiger partial charge in [-0.15, -0.1) is 0 Å². The van der Waals surface area contributed by atoms with Crippen LogP contribution in [-0.4, -0.2) is 36.9 Å². The number of hydrogen-bond acceptors (Lipinski definition) is 6. The predicted molar refractivity (Wildman–Crippen MR) is 141 cm³/mol. The molecular formula is C29H28N2O6. The average molecular weight is 501 g/mol. The zero-order chi connectivity index (χ0) is 26.7. The van der Waals surface area contributed by atoms with Gasteiger partial charge < -0.3 is 19.9 Å². The number of nitrogens with one attached hydrogen (secondary N) is 1. The lowest BCUT2D eigenvalue weighted by Gasteiger charge is -2.26. The van der Waals surface area contributed by atoms with Gasteiger partial charge in [0, 0.05) is 18.3 Å². The van der Waals surface area contributed by atoms with Crippen molar-refractivity contribution in [2.75, 3.05) is 24.4 Å². The second-order valence-electron chi connectivity index (χ2n) is 8.53. The fraction of sp³-hybridized carbons (Fsp3) is 0.207. The molecule has 3 aromatic carbocycles. The van der Waals surface area contributed by atoms with Crippen molar-refractivity contribution < 1.29 is 29.0 Å². The Kier molecular flexibility index (Phi) is 7.29. The standard InChI is InChI=1S/C29H28N2O6/c1-5-18-12-14-19(15-13-18)26-25(27(33)24-22(36-3)10-7-11-23(24)37-4)28(34)29(35)31(26)21-9-6-8-20(16-21)30-17(2)32/h6-16,26,33H,5H2,1-4H3,(H,30,32)/b27-25+. The first kappa shape index (κ1) is 25.5. The minimum atomic E-state index is -0.937. The molecule has 0 bridgehead atoms. The molecule has 8 nitrogen and oxygen atoms in total. The van der Waals surface area contributed by atoms with Gasteiger partial charge in [0.1, 0.15) is 22.8 Å². The van der Waals surface area contributed by atoms with E-state index < -0.39 is 23.5 Å². The fourth-order valence-electron chi connectivity index (χ4n) is 4.51. The molecule has 0 radical (unpaired) electrons. The topological polar surface area (TPSA) is 105 Å². The van der Waals surface area contributed by atoms with Crippen molar-refractivity contribution in [2.24, 2.45) is 0 Å². The molecular weight excluding hydrogens is 472 g/mol. The van der Waals surface area contributed by atoms with Gasteiger partial charge >= 0.3 is 0 Å². The van der Waals surface area contributed by atoms with Crippen LogP contribution < -0.4 is 19.7 Å². The van der Waals surface area contributed by atoms with E-state index in [1.807, 2.05) is 31.2 Å². The Bertz CT molecular complexity index is 1370. The van der Waals surface area contributed by atoms with E-state index in [1.165, 1.54) is 26.0 Å². The molecule has 1 fully saturated rings. The van der Waals surface area contributed by atoms with Crippen LogP contribution in [0.4, 0.5) is 11.4 Å². The molecule has 1 aliphatic heterocycles. The van der Waals surface area contributed by atoms with Gasteiger partial charge in [0.05, 0.1) is 25.8 Å². The molecule has 1 saturated heterocycles. The number of carbonyl (C=O) groups is 3. The van der Waals surface area contributed by atoms with Crippen molar-refractivity contribution in [3.63, 3.8) is 0 Å². The first-order chi connectivity index (χ1) is 17.8. The number of aliphatic hydroxyl groups is 1. The van der Waals surface area contributed by atoms with Gasteiger partial charge in [0.25, 0.3) is 11.7 Å². The smallest absolute Gasteiger partial charge is 0.300 e. The first-order valence-electron chi connectivity index (χ1n) is 11.8. The highest BCUT2D eigenvalue weighted by Gasteiger charge is 2.47. The summed E-state index contributed by atoms with van der Waals surface area (Å²) in [5.74, 6) is -1.75. The maximum atomic E-state index is 13.5. The molecule has 1 atom stereocenters. The average Bonchev–Trinajstić information content (AvgIpc) is 3.17. The summed E-state index contributed by atoms with van der Waals surface area (Å²) in [6.07, 6.45) is 0.817. The van der Waals surface area contributed by atoms with Crippen LogP contribution in [0.3, 0.4) is 0 Å². The lowest BCUT2D eigenvalue weighted by Crippen LogP contribution is -2.29. The molecule has 0 spiro atoms. The lowest BCUT2D eigenvalue weighted by molar-refractivity contribution is -0.132. The van der Waals surface area contributed by atoms with Gasteiger partial charge in [-0.2, -0.15) is 0 Å². The third-order valence-electron chi connectivity index (χ3n) is 6.26. The molecule has 0 aromatic heterocycles.